The summed E-state index contributed by atoms with van der Waals surface area (Å²) in [6.07, 6.45) is 5.11. The second kappa shape index (κ2) is 7.65. The van der Waals surface area contributed by atoms with Crippen LogP contribution in [0.25, 0.3) is 0 Å². The van der Waals surface area contributed by atoms with Crippen LogP contribution in [-0.2, 0) is 14.9 Å². The van der Waals surface area contributed by atoms with Gasteiger partial charge in [-0.3, -0.25) is 4.79 Å². The van der Waals surface area contributed by atoms with E-state index in [1.54, 1.807) is 0 Å². The Kier molecular flexibility index (Phi) is 5.57. The van der Waals surface area contributed by atoms with Crippen molar-refractivity contribution in [3.05, 3.63) is 34.9 Å². The third kappa shape index (κ3) is 4.25. The van der Waals surface area contributed by atoms with Gasteiger partial charge in [-0.05, 0) is 30.5 Å². The summed E-state index contributed by atoms with van der Waals surface area (Å²) in [6.45, 7) is 2.87. The molecule has 2 fully saturated rings. The molecule has 1 atom stereocenters. The maximum Gasteiger partial charge on any atom is 0.221 e. The first kappa shape index (κ1) is 16.7. The summed E-state index contributed by atoms with van der Waals surface area (Å²) in [5, 5.41) is 7.24. The van der Waals surface area contributed by atoms with Gasteiger partial charge in [0.15, 0.2) is 0 Å². The van der Waals surface area contributed by atoms with Gasteiger partial charge in [0.25, 0.3) is 0 Å². The van der Waals surface area contributed by atoms with Crippen LogP contribution in [0.2, 0.25) is 5.02 Å². The highest BCUT2D eigenvalue weighted by Crippen LogP contribution is 2.41. The molecule has 126 valence electrons. The van der Waals surface area contributed by atoms with Crippen LogP contribution < -0.4 is 10.6 Å². The second-order valence-corrected chi connectivity index (χ2v) is 7.14. The number of carbonyl (C=O) groups excluding carboxylic acids is 1. The minimum Gasteiger partial charge on any atom is -0.378 e. The Labute approximate surface area is 142 Å². The summed E-state index contributed by atoms with van der Waals surface area (Å²) in [5.41, 5.74) is 1.29. The van der Waals surface area contributed by atoms with E-state index in [9.17, 15) is 4.79 Å². The Morgan fingerprint density at radius 1 is 1.39 bits per heavy atom. The van der Waals surface area contributed by atoms with Gasteiger partial charge in [0.05, 0.1) is 13.2 Å². The van der Waals surface area contributed by atoms with E-state index in [1.807, 2.05) is 12.1 Å². The van der Waals surface area contributed by atoms with Gasteiger partial charge in [0.1, 0.15) is 0 Å². The van der Waals surface area contributed by atoms with Crippen molar-refractivity contribution in [2.45, 2.75) is 43.6 Å². The van der Waals surface area contributed by atoms with Gasteiger partial charge in [0, 0.05) is 36.0 Å². The number of nitrogens with one attached hydrogen (secondary N) is 2. The van der Waals surface area contributed by atoms with Crippen molar-refractivity contribution in [3.8, 4) is 0 Å². The summed E-state index contributed by atoms with van der Waals surface area (Å²) in [5.74, 6) is 0.0984. The number of amides is 1. The number of rotatable bonds is 5. The minimum absolute atomic E-state index is 0.0387. The molecule has 1 aromatic rings. The molecule has 1 aliphatic heterocycles. The van der Waals surface area contributed by atoms with Crippen LogP contribution in [0.15, 0.2) is 24.3 Å². The summed E-state index contributed by atoms with van der Waals surface area (Å²) < 4.78 is 5.41. The Morgan fingerprint density at radius 2 is 2.22 bits per heavy atom. The molecule has 0 aromatic heterocycles. The molecule has 0 radical (unpaired) electrons. The Morgan fingerprint density at radius 3 is 2.91 bits per heavy atom. The van der Waals surface area contributed by atoms with Gasteiger partial charge in [0.2, 0.25) is 5.91 Å². The molecule has 0 bridgehead atoms. The molecule has 1 saturated carbocycles. The Bertz CT molecular complexity index is 538. The molecule has 3 rings (SSSR count). The number of morpholine rings is 1. The smallest absolute Gasteiger partial charge is 0.221 e. The average Bonchev–Trinajstić information content (AvgIpc) is 3.04. The van der Waals surface area contributed by atoms with Crippen molar-refractivity contribution < 1.29 is 9.53 Å². The maximum absolute atomic E-state index is 12.3. The van der Waals surface area contributed by atoms with Gasteiger partial charge in [-0.25, -0.2) is 0 Å². The van der Waals surface area contributed by atoms with Crippen LogP contribution in [0, 0.1) is 0 Å². The van der Waals surface area contributed by atoms with Crippen molar-refractivity contribution in [1.29, 1.82) is 0 Å². The summed E-state index contributed by atoms with van der Waals surface area (Å²) >= 11 is 6.17. The number of hydrogen-bond donors (Lipinski definition) is 2. The number of ether oxygens (including phenoxy) is 1. The van der Waals surface area contributed by atoms with Crippen molar-refractivity contribution in [2.24, 2.45) is 0 Å². The van der Waals surface area contributed by atoms with Crippen molar-refractivity contribution >= 4 is 17.5 Å². The van der Waals surface area contributed by atoms with Gasteiger partial charge >= 0.3 is 0 Å². The molecule has 2 aliphatic rings. The lowest BCUT2D eigenvalue weighted by Crippen LogP contribution is -2.46. The molecule has 1 aliphatic carbocycles. The summed E-state index contributed by atoms with van der Waals surface area (Å²) in [4.78, 5) is 12.3. The van der Waals surface area contributed by atoms with E-state index in [1.165, 1.54) is 18.4 Å². The molecule has 1 saturated heterocycles. The lowest BCUT2D eigenvalue weighted by Gasteiger charge is -2.31. The fraction of sp³-hybridized carbons (Fsp3) is 0.611. The fourth-order valence-electron chi connectivity index (χ4n) is 3.75. The highest BCUT2D eigenvalue weighted by molar-refractivity contribution is 6.30. The molecule has 1 amide bonds. The quantitative estimate of drug-likeness (QED) is 0.869. The molecular weight excluding hydrogens is 312 g/mol. The third-order valence-corrected chi connectivity index (χ3v) is 5.29. The highest BCUT2D eigenvalue weighted by atomic mass is 35.5. The van der Waals surface area contributed by atoms with E-state index < -0.39 is 0 Å². The van der Waals surface area contributed by atoms with Crippen LogP contribution >= 0.6 is 11.6 Å². The number of halogens is 1. The minimum atomic E-state index is 0.0387. The molecule has 5 heteroatoms. The standard InChI is InChI=1S/C18H25ClN2O2/c19-15-5-3-4-14(10-15)18(6-1-2-7-18)13-21-17(22)11-16-12-23-9-8-20-16/h3-5,10,16,20H,1-2,6-9,11-13H2,(H,21,22). The Hall–Kier alpha value is -1.10. The lowest BCUT2D eigenvalue weighted by molar-refractivity contribution is -0.122. The molecule has 4 nitrogen and oxygen atoms in total. The van der Waals surface area contributed by atoms with Crippen LogP contribution in [0.1, 0.15) is 37.7 Å². The molecule has 1 unspecified atom stereocenters. The largest absolute Gasteiger partial charge is 0.378 e. The van der Waals surface area contributed by atoms with E-state index in [2.05, 4.69) is 22.8 Å². The van der Waals surface area contributed by atoms with Gasteiger partial charge in [-0.15, -0.1) is 0 Å². The topological polar surface area (TPSA) is 50.4 Å². The van der Waals surface area contributed by atoms with Gasteiger partial charge in [-0.1, -0.05) is 36.6 Å². The molecule has 1 aromatic carbocycles. The van der Waals surface area contributed by atoms with Crippen LogP contribution in [0.3, 0.4) is 0 Å². The second-order valence-electron chi connectivity index (χ2n) is 6.70. The van der Waals surface area contributed by atoms with E-state index in [0.717, 1.165) is 31.0 Å². The zero-order valence-electron chi connectivity index (χ0n) is 13.4. The number of hydrogen-bond acceptors (Lipinski definition) is 3. The predicted molar refractivity (Wildman–Crippen MR) is 91.8 cm³/mol. The van der Waals surface area contributed by atoms with Crippen LogP contribution in [0.4, 0.5) is 0 Å². The van der Waals surface area contributed by atoms with E-state index >= 15 is 0 Å². The average molecular weight is 337 g/mol. The zero-order chi connectivity index (χ0) is 16.1. The molecule has 2 N–H and O–H groups in total. The lowest BCUT2D eigenvalue weighted by atomic mass is 9.79. The number of benzene rings is 1. The SMILES string of the molecule is O=C(CC1COCCN1)NCC1(c2cccc(Cl)c2)CCCC1. The molecule has 0 spiro atoms. The van der Waals surface area contributed by atoms with Crippen molar-refractivity contribution in [1.82, 2.24) is 10.6 Å². The monoisotopic (exact) mass is 336 g/mol. The molecule has 1 heterocycles. The van der Waals surface area contributed by atoms with Crippen molar-refractivity contribution in [2.75, 3.05) is 26.3 Å². The normalized spacial score (nSPS) is 23.6. The van der Waals surface area contributed by atoms with Crippen LogP contribution in [0.5, 0.6) is 0 Å². The van der Waals surface area contributed by atoms with Gasteiger partial charge in [-0.2, -0.15) is 0 Å². The first-order valence-corrected chi connectivity index (χ1v) is 8.90. The first-order chi connectivity index (χ1) is 11.2. The summed E-state index contributed by atoms with van der Waals surface area (Å²) in [6, 6.07) is 8.23. The first-order valence-electron chi connectivity index (χ1n) is 8.52. The van der Waals surface area contributed by atoms with E-state index in [4.69, 9.17) is 16.3 Å². The van der Waals surface area contributed by atoms with Crippen LogP contribution in [-0.4, -0.2) is 38.3 Å². The maximum atomic E-state index is 12.3. The molecule has 23 heavy (non-hydrogen) atoms. The third-order valence-electron chi connectivity index (χ3n) is 5.05. The predicted octanol–water partition coefficient (Wildman–Crippen LogP) is 2.65. The van der Waals surface area contributed by atoms with E-state index in [-0.39, 0.29) is 17.4 Å². The summed E-state index contributed by atoms with van der Waals surface area (Å²) in [7, 11) is 0. The number of carbonyl (C=O) groups is 1. The van der Waals surface area contributed by atoms with Gasteiger partial charge < -0.3 is 15.4 Å². The zero-order valence-corrected chi connectivity index (χ0v) is 14.2. The molecular formula is C18H25ClN2O2. The highest BCUT2D eigenvalue weighted by Gasteiger charge is 2.36. The van der Waals surface area contributed by atoms with E-state index in [0.29, 0.717) is 19.6 Å². The Balaban J connectivity index is 1.60. The van der Waals surface area contributed by atoms with Crippen molar-refractivity contribution in [3.63, 3.8) is 0 Å². The fourth-order valence-corrected chi connectivity index (χ4v) is 3.94.